The molecule has 0 amide bonds. The summed E-state index contributed by atoms with van der Waals surface area (Å²) in [5.41, 5.74) is 1.15. The molecule has 0 spiro atoms. The first-order valence-electron chi connectivity index (χ1n) is 4.45. The zero-order valence-electron chi connectivity index (χ0n) is 7.83. The van der Waals surface area contributed by atoms with Crippen LogP contribution in [0.2, 0.25) is 0 Å². The van der Waals surface area contributed by atoms with Crippen molar-refractivity contribution in [1.82, 2.24) is 10.3 Å². The molecular weight excluding hydrogens is 160 g/mol. The first kappa shape index (κ1) is 9.76. The van der Waals surface area contributed by atoms with Crippen molar-refractivity contribution < 1.29 is 0 Å². The zero-order valence-corrected chi connectivity index (χ0v) is 7.83. The number of aromatic nitrogens is 1. The van der Waals surface area contributed by atoms with Crippen LogP contribution in [0, 0.1) is 12.3 Å². The summed E-state index contributed by atoms with van der Waals surface area (Å²) in [6, 6.07) is 4.21. The van der Waals surface area contributed by atoms with Crippen molar-refractivity contribution in [2.45, 2.75) is 19.4 Å². The number of rotatable bonds is 4. The van der Waals surface area contributed by atoms with E-state index < -0.39 is 0 Å². The third-order valence-electron chi connectivity index (χ3n) is 1.86. The Morgan fingerprint density at radius 2 is 2.54 bits per heavy atom. The van der Waals surface area contributed by atoms with Gasteiger partial charge in [-0.15, -0.1) is 12.3 Å². The monoisotopic (exact) mass is 174 g/mol. The summed E-state index contributed by atoms with van der Waals surface area (Å²) >= 11 is 0. The van der Waals surface area contributed by atoms with E-state index in [1.54, 1.807) is 6.20 Å². The fourth-order valence-electron chi connectivity index (χ4n) is 1.25. The van der Waals surface area contributed by atoms with E-state index in [0.717, 1.165) is 12.1 Å². The van der Waals surface area contributed by atoms with Gasteiger partial charge >= 0.3 is 0 Å². The molecule has 0 aromatic carbocycles. The van der Waals surface area contributed by atoms with Gasteiger partial charge in [0.2, 0.25) is 0 Å². The summed E-state index contributed by atoms with van der Waals surface area (Å²) in [6.45, 7) is 2.99. The summed E-state index contributed by atoms with van der Waals surface area (Å²) in [6.07, 6.45) is 9.61. The summed E-state index contributed by atoms with van der Waals surface area (Å²) in [5, 5.41) is 3.32. The Hall–Kier alpha value is -1.33. The summed E-state index contributed by atoms with van der Waals surface area (Å²) in [4.78, 5) is 4.06. The third-order valence-corrected chi connectivity index (χ3v) is 1.86. The maximum atomic E-state index is 5.29. The van der Waals surface area contributed by atoms with E-state index in [4.69, 9.17) is 6.42 Å². The SMILES string of the molecule is C#CCC(NCC)c1cccnc1. The molecule has 1 aromatic rings. The second-order valence-electron chi connectivity index (χ2n) is 2.80. The smallest absolute Gasteiger partial charge is 0.0446 e. The Labute approximate surface area is 79.4 Å². The molecule has 0 bridgehead atoms. The number of terminal acetylenes is 1. The highest BCUT2D eigenvalue weighted by molar-refractivity contribution is 5.15. The highest BCUT2D eigenvalue weighted by Crippen LogP contribution is 2.13. The Morgan fingerprint density at radius 1 is 1.69 bits per heavy atom. The van der Waals surface area contributed by atoms with Crippen molar-refractivity contribution in [2.24, 2.45) is 0 Å². The average molecular weight is 174 g/mol. The Bertz CT molecular complexity index is 274. The molecule has 2 nitrogen and oxygen atoms in total. The molecule has 0 aliphatic heterocycles. The van der Waals surface area contributed by atoms with Crippen LogP contribution in [-0.4, -0.2) is 11.5 Å². The maximum Gasteiger partial charge on any atom is 0.0446 e. The molecule has 1 atom stereocenters. The summed E-state index contributed by atoms with van der Waals surface area (Å²) in [7, 11) is 0. The first-order chi connectivity index (χ1) is 6.38. The van der Waals surface area contributed by atoms with Crippen molar-refractivity contribution in [3.8, 4) is 12.3 Å². The van der Waals surface area contributed by atoms with Gasteiger partial charge < -0.3 is 5.32 Å². The van der Waals surface area contributed by atoms with Gasteiger partial charge in [0.25, 0.3) is 0 Å². The van der Waals surface area contributed by atoms with Gasteiger partial charge in [-0.05, 0) is 18.2 Å². The lowest BCUT2D eigenvalue weighted by Gasteiger charge is -2.14. The van der Waals surface area contributed by atoms with Gasteiger partial charge in [-0.2, -0.15) is 0 Å². The second-order valence-corrected chi connectivity index (χ2v) is 2.80. The molecule has 13 heavy (non-hydrogen) atoms. The lowest BCUT2D eigenvalue weighted by molar-refractivity contribution is 0.563. The second kappa shape index (κ2) is 5.34. The van der Waals surface area contributed by atoms with Crippen LogP contribution in [0.4, 0.5) is 0 Å². The Kier molecular flexibility index (Phi) is 4.01. The highest BCUT2D eigenvalue weighted by Gasteiger charge is 2.07. The normalized spacial score (nSPS) is 12.0. The molecule has 0 saturated heterocycles. The van der Waals surface area contributed by atoms with Crippen LogP contribution in [-0.2, 0) is 0 Å². The van der Waals surface area contributed by atoms with E-state index in [1.165, 1.54) is 0 Å². The van der Waals surface area contributed by atoms with Crippen molar-refractivity contribution in [3.05, 3.63) is 30.1 Å². The van der Waals surface area contributed by atoms with Gasteiger partial charge in [0.15, 0.2) is 0 Å². The van der Waals surface area contributed by atoms with E-state index in [1.807, 2.05) is 18.3 Å². The minimum Gasteiger partial charge on any atom is -0.309 e. The molecule has 0 fully saturated rings. The molecule has 1 heterocycles. The van der Waals surface area contributed by atoms with Gasteiger partial charge in [-0.3, -0.25) is 4.98 Å². The van der Waals surface area contributed by atoms with Crippen LogP contribution in [0.25, 0.3) is 0 Å². The fraction of sp³-hybridized carbons (Fsp3) is 0.364. The van der Waals surface area contributed by atoms with Crippen LogP contribution < -0.4 is 5.32 Å². The van der Waals surface area contributed by atoms with E-state index in [2.05, 4.69) is 23.1 Å². The quantitative estimate of drug-likeness (QED) is 0.703. The number of nitrogens with zero attached hydrogens (tertiary/aromatic N) is 1. The maximum absolute atomic E-state index is 5.29. The molecule has 1 rings (SSSR count). The standard InChI is InChI=1S/C11H14N2/c1-3-6-11(13-4-2)10-7-5-8-12-9-10/h1,5,7-9,11,13H,4,6H2,2H3. The Morgan fingerprint density at radius 3 is 3.08 bits per heavy atom. The first-order valence-corrected chi connectivity index (χ1v) is 4.45. The molecule has 1 N–H and O–H groups in total. The largest absolute Gasteiger partial charge is 0.309 e. The summed E-state index contributed by atoms with van der Waals surface area (Å²) < 4.78 is 0. The van der Waals surface area contributed by atoms with Crippen molar-refractivity contribution in [1.29, 1.82) is 0 Å². The number of pyridine rings is 1. The molecule has 0 radical (unpaired) electrons. The highest BCUT2D eigenvalue weighted by atomic mass is 14.9. The molecule has 2 heteroatoms. The molecule has 1 unspecified atom stereocenters. The Balaban J connectivity index is 2.71. The third kappa shape index (κ3) is 2.89. The van der Waals surface area contributed by atoms with Gasteiger partial charge in [-0.25, -0.2) is 0 Å². The topological polar surface area (TPSA) is 24.9 Å². The summed E-state index contributed by atoms with van der Waals surface area (Å²) in [5.74, 6) is 2.66. The van der Waals surface area contributed by atoms with Crippen LogP contribution in [0.15, 0.2) is 24.5 Å². The fourth-order valence-corrected chi connectivity index (χ4v) is 1.25. The lowest BCUT2D eigenvalue weighted by Crippen LogP contribution is -2.20. The van der Waals surface area contributed by atoms with E-state index in [0.29, 0.717) is 6.42 Å². The van der Waals surface area contributed by atoms with Crippen LogP contribution in [0.5, 0.6) is 0 Å². The minimum atomic E-state index is 0.240. The van der Waals surface area contributed by atoms with Crippen molar-refractivity contribution in [3.63, 3.8) is 0 Å². The van der Waals surface area contributed by atoms with Crippen molar-refractivity contribution >= 4 is 0 Å². The minimum absolute atomic E-state index is 0.240. The number of hydrogen-bond donors (Lipinski definition) is 1. The van der Waals surface area contributed by atoms with Gasteiger partial charge in [0, 0.05) is 24.9 Å². The van der Waals surface area contributed by atoms with E-state index in [-0.39, 0.29) is 6.04 Å². The molecule has 68 valence electrons. The number of hydrogen-bond acceptors (Lipinski definition) is 2. The molecule has 1 aromatic heterocycles. The van der Waals surface area contributed by atoms with Crippen LogP contribution in [0.1, 0.15) is 24.9 Å². The van der Waals surface area contributed by atoms with Gasteiger partial charge in [0.05, 0.1) is 0 Å². The van der Waals surface area contributed by atoms with Gasteiger partial charge in [-0.1, -0.05) is 13.0 Å². The molecule has 0 aliphatic carbocycles. The van der Waals surface area contributed by atoms with Crippen molar-refractivity contribution in [2.75, 3.05) is 6.54 Å². The molecular formula is C11H14N2. The predicted molar refractivity (Wildman–Crippen MR) is 54.1 cm³/mol. The molecule has 0 aliphatic rings. The lowest BCUT2D eigenvalue weighted by atomic mass is 10.1. The predicted octanol–water partition coefficient (Wildman–Crippen LogP) is 1.76. The average Bonchev–Trinajstić information content (AvgIpc) is 2.19. The van der Waals surface area contributed by atoms with Gasteiger partial charge in [0.1, 0.15) is 0 Å². The molecule has 0 saturated carbocycles. The van der Waals surface area contributed by atoms with E-state index >= 15 is 0 Å². The van der Waals surface area contributed by atoms with Crippen LogP contribution >= 0.6 is 0 Å². The van der Waals surface area contributed by atoms with Crippen LogP contribution in [0.3, 0.4) is 0 Å². The van der Waals surface area contributed by atoms with E-state index in [9.17, 15) is 0 Å². The zero-order chi connectivity index (χ0) is 9.52. The number of nitrogens with one attached hydrogen (secondary N) is 1.